The van der Waals surface area contributed by atoms with E-state index in [1.807, 2.05) is 54.6 Å². The predicted octanol–water partition coefficient (Wildman–Crippen LogP) is 5.89. The van der Waals surface area contributed by atoms with Crippen molar-refractivity contribution >= 4 is 23.4 Å². The van der Waals surface area contributed by atoms with Gasteiger partial charge in [-0.1, -0.05) is 65.8 Å². The molecule has 28 heavy (non-hydrogen) atoms. The third-order valence-electron chi connectivity index (χ3n) is 4.26. The van der Waals surface area contributed by atoms with Crippen molar-refractivity contribution in [3.05, 3.63) is 89.4 Å². The molecule has 0 aliphatic rings. The Kier molecular flexibility index (Phi) is 5.65. The molecule has 3 aromatic carbocycles. The van der Waals surface area contributed by atoms with Crippen LogP contribution in [-0.2, 0) is 5.75 Å². The molecular weight excluding hydrogens is 390 g/mol. The third-order valence-corrected chi connectivity index (χ3v) is 5.49. The maximum atomic E-state index is 6.19. The molecule has 4 aromatic rings. The highest BCUT2D eigenvalue weighted by Gasteiger charge is 2.16. The smallest absolute Gasteiger partial charge is 0.196 e. The lowest BCUT2D eigenvalue weighted by molar-refractivity contribution is 0.414. The van der Waals surface area contributed by atoms with Crippen LogP contribution in [0.2, 0.25) is 5.02 Å². The Bertz CT molecular complexity index is 1060. The highest BCUT2D eigenvalue weighted by Crippen LogP contribution is 2.30. The summed E-state index contributed by atoms with van der Waals surface area (Å²) in [6.45, 7) is 0. The van der Waals surface area contributed by atoms with Crippen molar-refractivity contribution in [1.29, 1.82) is 0 Å². The molecule has 0 radical (unpaired) electrons. The van der Waals surface area contributed by atoms with Crippen LogP contribution in [0.3, 0.4) is 0 Å². The predicted molar refractivity (Wildman–Crippen MR) is 114 cm³/mol. The van der Waals surface area contributed by atoms with Gasteiger partial charge in [-0.3, -0.25) is 4.57 Å². The van der Waals surface area contributed by atoms with Gasteiger partial charge in [0.25, 0.3) is 0 Å². The van der Waals surface area contributed by atoms with E-state index in [2.05, 4.69) is 39.0 Å². The largest absolute Gasteiger partial charge is 0.497 e. The van der Waals surface area contributed by atoms with Crippen LogP contribution in [-0.4, -0.2) is 21.9 Å². The monoisotopic (exact) mass is 407 g/mol. The molecule has 0 amide bonds. The van der Waals surface area contributed by atoms with Gasteiger partial charge in [0.15, 0.2) is 11.0 Å². The first-order valence-corrected chi connectivity index (χ1v) is 10.1. The summed E-state index contributed by atoms with van der Waals surface area (Å²) in [5.41, 5.74) is 3.14. The molecule has 0 saturated heterocycles. The van der Waals surface area contributed by atoms with E-state index < -0.39 is 0 Å². The molecule has 4 nitrogen and oxygen atoms in total. The van der Waals surface area contributed by atoms with Crippen LogP contribution in [0.25, 0.3) is 17.1 Å². The minimum absolute atomic E-state index is 0.674. The van der Waals surface area contributed by atoms with Crippen LogP contribution >= 0.6 is 23.4 Å². The van der Waals surface area contributed by atoms with Gasteiger partial charge in [-0.2, -0.15) is 0 Å². The van der Waals surface area contributed by atoms with Crippen LogP contribution in [0, 0.1) is 0 Å². The molecule has 0 aliphatic heterocycles. The third kappa shape index (κ3) is 4.06. The molecule has 0 spiro atoms. The number of aromatic nitrogens is 3. The Morgan fingerprint density at radius 1 is 0.929 bits per heavy atom. The number of nitrogens with zero attached hydrogens (tertiary/aromatic N) is 3. The summed E-state index contributed by atoms with van der Waals surface area (Å²) in [6.07, 6.45) is 0. The van der Waals surface area contributed by atoms with Crippen LogP contribution < -0.4 is 4.74 Å². The van der Waals surface area contributed by atoms with E-state index in [0.717, 1.165) is 33.7 Å². The van der Waals surface area contributed by atoms with Crippen molar-refractivity contribution in [3.63, 3.8) is 0 Å². The highest BCUT2D eigenvalue weighted by molar-refractivity contribution is 7.98. The Labute approximate surface area is 173 Å². The maximum Gasteiger partial charge on any atom is 0.196 e. The van der Waals surface area contributed by atoms with E-state index in [1.165, 1.54) is 5.56 Å². The molecule has 0 unspecified atom stereocenters. The number of thioether (sulfide) groups is 1. The lowest BCUT2D eigenvalue weighted by Crippen LogP contribution is -1.99. The molecule has 140 valence electrons. The quantitative estimate of drug-likeness (QED) is 0.374. The Morgan fingerprint density at radius 3 is 2.43 bits per heavy atom. The van der Waals surface area contributed by atoms with Gasteiger partial charge in [-0.25, -0.2) is 0 Å². The Morgan fingerprint density at radius 2 is 1.71 bits per heavy atom. The van der Waals surface area contributed by atoms with E-state index in [-0.39, 0.29) is 0 Å². The second kappa shape index (κ2) is 8.50. The SMILES string of the molecule is COc1ccc(CSc2nnc(-c3cccc(Cl)c3)n2-c2ccccc2)cc1. The first-order chi connectivity index (χ1) is 13.7. The molecule has 1 aromatic heterocycles. The molecule has 0 bridgehead atoms. The molecule has 0 atom stereocenters. The van der Waals surface area contributed by atoms with Crippen molar-refractivity contribution in [2.24, 2.45) is 0 Å². The number of methoxy groups -OCH3 is 1. The van der Waals surface area contributed by atoms with Crippen molar-refractivity contribution in [1.82, 2.24) is 14.8 Å². The molecule has 0 aliphatic carbocycles. The summed E-state index contributed by atoms with van der Waals surface area (Å²) < 4.78 is 7.30. The number of ether oxygens (including phenoxy) is 1. The number of hydrogen-bond acceptors (Lipinski definition) is 4. The zero-order valence-corrected chi connectivity index (χ0v) is 16.8. The van der Waals surface area contributed by atoms with Crippen LogP contribution in [0.5, 0.6) is 5.75 Å². The minimum atomic E-state index is 0.674. The summed E-state index contributed by atoms with van der Waals surface area (Å²) in [5, 5.41) is 10.4. The summed E-state index contributed by atoms with van der Waals surface area (Å²) in [7, 11) is 1.67. The minimum Gasteiger partial charge on any atom is -0.497 e. The topological polar surface area (TPSA) is 39.9 Å². The fourth-order valence-corrected chi connectivity index (χ4v) is 3.96. The number of hydrogen-bond donors (Lipinski definition) is 0. The Balaban J connectivity index is 1.68. The average Bonchev–Trinajstić information content (AvgIpc) is 3.17. The second-order valence-electron chi connectivity index (χ2n) is 6.12. The van der Waals surface area contributed by atoms with Gasteiger partial charge in [-0.15, -0.1) is 10.2 Å². The lowest BCUT2D eigenvalue weighted by Gasteiger charge is -2.10. The zero-order valence-electron chi connectivity index (χ0n) is 15.2. The van der Waals surface area contributed by atoms with Crippen LogP contribution in [0.4, 0.5) is 0 Å². The van der Waals surface area contributed by atoms with Crippen molar-refractivity contribution < 1.29 is 4.74 Å². The van der Waals surface area contributed by atoms with Gasteiger partial charge in [0.1, 0.15) is 5.75 Å². The van der Waals surface area contributed by atoms with E-state index in [4.69, 9.17) is 16.3 Å². The first-order valence-electron chi connectivity index (χ1n) is 8.77. The fraction of sp³-hybridized carbons (Fsp3) is 0.0909. The van der Waals surface area contributed by atoms with Crippen molar-refractivity contribution in [2.75, 3.05) is 7.11 Å². The van der Waals surface area contributed by atoms with Crippen LogP contribution in [0.1, 0.15) is 5.56 Å². The summed E-state index contributed by atoms with van der Waals surface area (Å²) in [6, 6.07) is 25.9. The molecular formula is C22H18ClN3OS. The van der Waals surface area contributed by atoms with E-state index in [1.54, 1.807) is 18.9 Å². The van der Waals surface area contributed by atoms with Gasteiger partial charge in [0.2, 0.25) is 0 Å². The second-order valence-corrected chi connectivity index (χ2v) is 7.50. The molecule has 0 saturated carbocycles. The van der Waals surface area contributed by atoms with Gasteiger partial charge >= 0.3 is 0 Å². The normalized spacial score (nSPS) is 10.8. The number of rotatable bonds is 6. The highest BCUT2D eigenvalue weighted by atomic mass is 35.5. The van der Waals surface area contributed by atoms with Crippen LogP contribution in [0.15, 0.2) is 84.0 Å². The molecule has 6 heteroatoms. The molecule has 1 heterocycles. The fourth-order valence-electron chi connectivity index (χ4n) is 2.86. The number of benzene rings is 3. The Hall–Kier alpha value is -2.76. The van der Waals surface area contributed by atoms with E-state index in [0.29, 0.717) is 5.02 Å². The average molecular weight is 408 g/mol. The number of para-hydroxylation sites is 1. The maximum absolute atomic E-state index is 6.19. The van der Waals surface area contributed by atoms with Gasteiger partial charge in [-0.05, 0) is 42.0 Å². The molecule has 0 fully saturated rings. The van der Waals surface area contributed by atoms with E-state index >= 15 is 0 Å². The first kappa shape index (κ1) is 18.6. The summed E-state index contributed by atoms with van der Waals surface area (Å²) in [4.78, 5) is 0. The zero-order chi connectivity index (χ0) is 19.3. The lowest BCUT2D eigenvalue weighted by atomic mass is 10.2. The summed E-state index contributed by atoms with van der Waals surface area (Å²) >= 11 is 7.84. The molecule has 0 N–H and O–H groups in total. The van der Waals surface area contributed by atoms with Gasteiger partial charge in [0, 0.05) is 22.0 Å². The van der Waals surface area contributed by atoms with Gasteiger partial charge < -0.3 is 4.74 Å². The molecule has 4 rings (SSSR count). The van der Waals surface area contributed by atoms with E-state index in [9.17, 15) is 0 Å². The summed E-state index contributed by atoms with van der Waals surface area (Å²) in [5.74, 6) is 2.40. The van der Waals surface area contributed by atoms with Gasteiger partial charge in [0.05, 0.1) is 7.11 Å². The van der Waals surface area contributed by atoms with Crippen molar-refractivity contribution in [3.8, 4) is 22.8 Å². The standard InChI is InChI=1S/C22H18ClN3OS/c1-27-20-12-10-16(11-13-20)15-28-22-25-24-21(17-6-5-7-18(23)14-17)26(22)19-8-3-2-4-9-19/h2-14H,15H2,1H3. The number of halogens is 1. The van der Waals surface area contributed by atoms with Crippen molar-refractivity contribution in [2.45, 2.75) is 10.9 Å².